The lowest BCUT2D eigenvalue weighted by Gasteiger charge is -2.09. The highest BCUT2D eigenvalue weighted by molar-refractivity contribution is 8.00. The lowest BCUT2D eigenvalue weighted by atomic mass is 10.1. The van der Waals surface area contributed by atoms with Gasteiger partial charge in [0, 0.05) is 10.6 Å². The van der Waals surface area contributed by atoms with Crippen LogP contribution in [0.2, 0.25) is 0 Å². The predicted octanol–water partition coefficient (Wildman–Crippen LogP) is 4.46. The van der Waals surface area contributed by atoms with Gasteiger partial charge in [-0.25, -0.2) is 4.79 Å². The summed E-state index contributed by atoms with van der Waals surface area (Å²) >= 11 is 1.55. The van der Waals surface area contributed by atoms with Crippen molar-refractivity contribution in [3.8, 4) is 0 Å². The molecule has 136 valence electrons. The average molecular weight is 377 g/mol. The van der Waals surface area contributed by atoms with E-state index >= 15 is 0 Å². The van der Waals surface area contributed by atoms with Crippen molar-refractivity contribution in [2.45, 2.75) is 17.7 Å². The van der Waals surface area contributed by atoms with Gasteiger partial charge in [0.2, 0.25) is 5.91 Å². The zero-order chi connectivity index (χ0) is 18.8. The maximum absolute atomic E-state index is 12.3. The minimum Gasteiger partial charge on any atom is -0.465 e. The number of thioether (sulfide) groups is 1. The molecule has 0 bridgehead atoms. The second-order valence-electron chi connectivity index (χ2n) is 6.47. The molecule has 0 saturated carbocycles. The van der Waals surface area contributed by atoms with Gasteiger partial charge in [-0.2, -0.15) is 0 Å². The lowest BCUT2D eigenvalue weighted by molar-refractivity contribution is -0.113. The third-order valence-corrected chi connectivity index (χ3v) is 5.86. The number of ether oxygens (including phenoxy) is 1. The number of hydrogen-bond donors (Lipinski definition) is 1. The molecule has 1 amide bonds. The van der Waals surface area contributed by atoms with Gasteiger partial charge in [-0.1, -0.05) is 24.3 Å². The average Bonchev–Trinajstić information content (AvgIpc) is 3.12. The molecule has 0 aliphatic heterocycles. The van der Waals surface area contributed by atoms with Crippen LogP contribution in [0.5, 0.6) is 0 Å². The molecule has 0 radical (unpaired) electrons. The van der Waals surface area contributed by atoms with Crippen LogP contribution in [0.1, 0.15) is 21.5 Å². The number of esters is 1. The smallest absolute Gasteiger partial charge is 0.337 e. The number of carbonyl (C=O) groups excluding carboxylic acids is 2. The lowest BCUT2D eigenvalue weighted by Crippen LogP contribution is -2.14. The summed E-state index contributed by atoms with van der Waals surface area (Å²) in [6, 6.07) is 17.4. The molecule has 1 N–H and O–H groups in total. The number of hydrogen-bond acceptors (Lipinski definition) is 4. The Morgan fingerprint density at radius 3 is 2.48 bits per heavy atom. The van der Waals surface area contributed by atoms with Gasteiger partial charge in [-0.05, 0) is 65.1 Å². The SMILES string of the molecule is COC(=O)c1ccc(NC(=O)CSc2ccc3c4c(cccc24)CC3)cc1. The van der Waals surface area contributed by atoms with E-state index in [-0.39, 0.29) is 5.91 Å². The molecule has 27 heavy (non-hydrogen) atoms. The van der Waals surface area contributed by atoms with Gasteiger partial charge >= 0.3 is 5.97 Å². The predicted molar refractivity (Wildman–Crippen MR) is 108 cm³/mol. The van der Waals surface area contributed by atoms with Crippen LogP contribution >= 0.6 is 11.8 Å². The van der Waals surface area contributed by atoms with Gasteiger partial charge < -0.3 is 10.1 Å². The molecule has 0 aromatic heterocycles. The van der Waals surface area contributed by atoms with Crippen LogP contribution in [0.25, 0.3) is 10.8 Å². The fourth-order valence-electron chi connectivity index (χ4n) is 3.49. The van der Waals surface area contributed by atoms with Gasteiger partial charge in [-0.3, -0.25) is 4.79 Å². The molecule has 0 heterocycles. The fourth-order valence-corrected chi connectivity index (χ4v) is 4.34. The Bertz CT molecular complexity index is 1020. The van der Waals surface area contributed by atoms with Crippen LogP contribution in [-0.4, -0.2) is 24.7 Å². The highest BCUT2D eigenvalue weighted by Crippen LogP contribution is 2.36. The van der Waals surface area contributed by atoms with E-state index in [1.165, 1.54) is 29.0 Å². The quantitative estimate of drug-likeness (QED) is 0.527. The van der Waals surface area contributed by atoms with Crippen molar-refractivity contribution in [3.63, 3.8) is 0 Å². The molecular formula is C22H19NO3S. The largest absolute Gasteiger partial charge is 0.465 e. The van der Waals surface area contributed by atoms with Crippen molar-refractivity contribution in [2.75, 3.05) is 18.2 Å². The van der Waals surface area contributed by atoms with Gasteiger partial charge in [0.15, 0.2) is 0 Å². The Hall–Kier alpha value is -2.79. The fraction of sp³-hybridized carbons (Fsp3) is 0.182. The number of carbonyl (C=O) groups is 2. The van der Waals surface area contributed by atoms with E-state index in [0.717, 1.165) is 17.7 Å². The third-order valence-electron chi connectivity index (χ3n) is 4.79. The van der Waals surface area contributed by atoms with E-state index in [1.807, 2.05) is 0 Å². The molecule has 0 unspecified atom stereocenters. The number of methoxy groups -OCH3 is 1. The van der Waals surface area contributed by atoms with E-state index in [4.69, 9.17) is 0 Å². The van der Waals surface area contributed by atoms with E-state index < -0.39 is 5.97 Å². The number of aryl methyl sites for hydroxylation is 2. The molecule has 1 aliphatic rings. The summed E-state index contributed by atoms with van der Waals surface area (Å²) in [6.45, 7) is 0. The Labute approximate surface area is 161 Å². The summed E-state index contributed by atoms with van der Waals surface area (Å²) in [6.07, 6.45) is 2.20. The zero-order valence-corrected chi connectivity index (χ0v) is 15.8. The first-order valence-corrected chi connectivity index (χ1v) is 9.79. The number of anilines is 1. The first-order valence-electron chi connectivity index (χ1n) is 8.80. The summed E-state index contributed by atoms with van der Waals surface area (Å²) < 4.78 is 4.67. The maximum atomic E-state index is 12.3. The van der Waals surface area contributed by atoms with E-state index in [2.05, 4.69) is 40.4 Å². The molecular weight excluding hydrogens is 358 g/mol. The van der Waals surface area contributed by atoms with E-state index in [0.29, 0.717) is 17.0 Å². The number of benzene rings is 3. The van der Waals surface area contributed by atoms with Gasteiger partial charge in [0.1, 0.15) is 0 Å². The Morgan fingerprint density at radius 2 is 1.74 bits per heavy atom. The number of amides is 1. The Kier molecular flexibility index (Phi) is 4.86. The van der Waals surface area contributed by atoms with Crippen molar-refractivity contribution in [3.05, 3.63) is 71.3 Å². The number of nitrogens with one attached hydrogen (secondary N) is 1. The summed E-state index contributed by atoms with van der Waals surface area (Å²) in [5.74, 6) is -0.137. The molecule has 3 aromatic carbocycles. The third kappa shape index (κ3) is 3.55. The summed E-state index contributed by atoms with van der Waals surface area (Å²) in [7, 11) is 1.34. The topological polar surface area (TPSA) is 55.4 Å². The summed E-state index contributed by atoms with van der Waals surface area (Å²) in [5, 5.41) is 5.47. The first-order chi connectivity index (χ1) is 13.2. The van der Waals surface area contributed by atoms with Crippen LogP contribution in [0.15, 0.2) is 59.5 Å². The van der Waals surface area contributed by atoms with Crippen LogP contribution < -0.4 is 5.32 Å². The molecule has 5 heteroatoms. The van der Waals surface area contributed by atoms with Crippen LogP contribution in [-0.2, 0) is 22.4 Å². The minimum atomic E-state index is -0.393. The highest BCUT2D eigenvalue weighted by atomic mass is 32.2. The molecule has 4 rings (SSSR count). The molecule has 1 aliphatic carbocycles. The van der Waals surface area contributed by atoms with Crippen molar-refractivity contribution >= 4 is 40.1 Å². The monoisotopic (exact) mass is 377 g/mol. The van der Waals surface area contributed by atoms with Gasteiger partial charge in [0.05, 0.1) is 18.4 Å². The molecule has 0 spiro atoms. The summed E-state index contributed by atoms with van der Waals surface area (Å²) in [4.78, 5) is 24.9. The summed E-state index contributed by atoms with van der Waals surface area (Å²) in [5.41, 5.74) is 3.92. The second kappa shape index (κ2) is 7.45. The Balaban J connectivity index is 1.43. The van der Waals surface area contributed by atoms with Gasteiger partial charge in [0.25, 0.3) is 0 Å². The number of rotatable bonds is 5. The van der Waals surface area contributed by atoms with Crippen molar-refractivity contribution in [1.82, 2.24) is 0 Å². The maximum Gasteiger partial charge on any atom is 0.337 e. The first kappa shape index (κ1) is 17.6. The van der Waals surface area contributed by atoms with Crippen LogP contribution in [0, 0.1) is 0 Å². The van der Waals surface area contributed by atoms with Crippen LogP contribution in [0.4, 0.5) is 5.69 Å². The molecule has 3 aromatic rings. The van der Waals surface area contributed by atoms with E-state index in [9.17, 15) is 9.59 Å². The van der Waals surface area contributed by atoms with Crippen molar-refractivity contribution in [1.29, 1.82) is 0 Å². The molecule has 0 fully saturated rings. The Morgan fingerprint density at radius 1 is 1.00 bits per heavy atom. The normalized spacial score (nSPS) is 12.2. The molecule has 4 nitrogen and oxygen atoms in total. The molecule has 0 atom stereocenters. The zero-order valence-electron chi connectivity index (χ0n) is 15.0. The standard InChI is InChI=1S/C22H19NO3S/c1-26-22(25)16-7-10-17(11-8-16)23-20(24)13-27-19-12-9-15-6-5-14-3-2-4-18(19)21(14)15/h2-4,7-12H,5-6,13H2,1H3,(H,23,24). The highest BCUT2D eigenvalue weighted by Gasteiger charge is 2.16. The van der Waals surface area contributed by atoms with Crippen molar-refractivity contribution in [2.24, 2.45) is 0 Å². The minimum absolute atomic E-state index is 0.0749. The van der Waals surface area contributed by atoms with E-state index in [1.54, 1.807) is 36.0 Å². The van der Waals surface area contributed by atoms with Crippen molar-refractivity contribution < 1.29 is 14.3 Å². The van der Waals surface area contributed by atoms with Gasteiger partial charge in [-0.15, -0.1) is 11.8 Å². The second-order valence-corrected chi connectivity index (χ2v) is 7.49. The van der Waals surface area contributed by atoms with Crippen LogP contribution in [0.3, 0.4) is 0 Å². The molecule has 0 saturated heterocycles.